The van der Waals surface area contributed by atoms with Crippen LogP contribution in [0, 0.1) is 6.92 Å². The van der Waals surface area contributed by atoms with Gasteiger partial charge in [0.25, 0.3) is 0 Å². The van der Waals surface area contributed by atoms with Crippen LogP contribution in [0.5, 0.6) is 0 Å². The van der Waals surface area contributed by atoms with E-state index in [1.807, 2.05) is 52.0 Å². The summed E-state index contributed by atoms with van der Waals surface area (Å²) in [6.45, 7) is 10.5. The summed E-state index contributed by atoms with van der Waals surface area (Å²) in [5.74, 6) is 0.00782. The standard InChI is InChI=1S/C17H26N2O2/c1-13-7-6-8-15(11-13)12-16(21)18-9-10-19(14(2)20)17(3,4)5/h6-8,11H,9-10,12H2,1-5H3,(H,18,21). The van der Waals surface area contributed by atoms with Crippen LogP contribution in [-0.2, 0) is 16.0 Å². The minimum Gasteiger partial charge on any atom is -0.354 e. The van der Waals surface area contributed by atoms with Crippen LogP contribution in [0.4, 0.5) is 0 Å². The van der Waals surface area contributed by atoms with Crippen molar-refractivity contribution < 1.29 is 9.59 Å². The van der Waals surface area contributed by atoms with Gasteiger partial charge in [-0.15, -0.1) is 0 Å². The summed E-state index contributed by atoms with van der Waals surface area (Å²) in [7, 11) is 0. The van der Waals surface area contributed by atoms with Crippen LogP contribution in [0.2, 0.25) is 0 Å². The van der Waals surface area contributed by atoms with Gasteiger partial charge in [-0.05, 0) is 33.3 Å². The molecule has 0 saturated carbocycles. The first-order chi connectivity index (χ1) is 9.70. The highest BCUT2D eigenvalue weighted by atomic mass is 16.2. The highest BCUT2D eigenvalue weighted by molar-refractivity contribution is 5.78. The van der Waals surface area contributed by atoms with E-state index in [2.05, 4.69) is 5.32 Å². The Morgan fingerprint density at radius 1 is 1.24 bits per heavy atom. The zero-order chi connectivity index (χ0) is 16.0. The van der Waals surface area contributed by atoms with E-state index in [1.165, 1.54) is 0 Å². The lowest BCUT2D eigenvalue weighted by molar-refractivity contribution is -0.134. The number of hydrogen-bond donors (Lipinski definition) is 1. The van der Waals surface area contributed by atoms with Crippen LogP contribution >= 0.6 is 0 Å². The van der Waals surface area contributed by atoms with Gasteiger partial charge in [0.2, 0.25) is 11.8 Å². The number of carbonyl (C=O) groups excluding carboxylic acids is 2. The maximum atomic E-state index is 11.9. The average Bonchev–Trinajstić information content (AvgIpc) is 2.32. The summed E-state index contributed by atoms with van der Waals surface area (Å²) >= 11 is 0. The Labute approximate surface area is 127 Å². The molecule has 0 heterocycles. The van der Waals surface area contributed by atoms with E-state index in [9.17, 15) is 9.59 Å². The molecule has 4 heteroatoms. The second-order valence-corrected chi connectivity index (χ2v) is 6.36. The maximum absolute atomic E-state index is 11.9. The molecule has 116 valence electrons. The molecular weight excluding hydrogens is 264 g/mol. The Morgan fingerprint density at radius 2 is 1.90 bits per heavy atom. The summed E-state index contributed by atoms with van der Waals surface area (Å²) < 4.78 is 0. The molecule has 0 aliphatic carbocycles. The minimum absolute atomic E-state index is 0.0157. The third-order valence-corrected chi connectivity index (χ3v) is 3.29. The van der Waals surface area contributed by atoms with E-state index < -0.39 is 0 Å². The lowest BCUT2D eigenvalue weighted by Gasteiger charge is -2.35. The Bertz CT molecular complexity index is 504. The van der Waals surface area contributed by atoms with Crippen molar-refractivity contribution in [3.63, 3.8) is 0 Å². The van der Waals surface area contributed by atoms with Crippen LogP contribution in [0.1, 0.15) is 38.8 Å². The van der Waals surface area contributed by atoms with Crippen molar-refractivity contribution in [2.24, 2.45) is 0 Å². The number of amides is 2. The fraction of sp³-hybridized carbons (Fsp3) is 0.529. The van der Waals surface area contributed by atoms with Crippen LogP contribution in [0.25, 0.3) is 0 Å². The quantitative estimate of drug-likeness (QED) is 0.904. The smallest absolute Gasteiger partial charge is 0.224 e. The lowest BCUT2D eigenvalue weighted by atomic mass is 10.1. The predicted molar refractivity (Wildman–Crippen MR) is 85.0 cm³/mol. The summed E-state index contributed by atoms with van der Waals surface area (Å²) in [5, 5.41) is 2.88. The van der Waals surface area contributed by atoms with E-state index in [1.54, 1.807) is 11.8 Å². The zero-order valence-corrected chi connectivity index (χ0v) is 13.7. The average molecular weight is 290 g/mol. The third-order valence-electron chi connectivity index (χ3n) is 3.29. The number of hydrogen-bond acceptors (Lipinski definition) is 2. The fourth-order valence-corrected chi connectivity index (χ4v) is 2.34. The highest BCUT2D eigenvalue weighted by Gasteiger charge is 2.23. The van der Waals surface area contributed by atoms with Crippen LogP contribution in [0.15, 0.2) is 24.3 Å². The molecule has 0 spiro atoms. The van der Waals surface area contributed by atoms with E-state index in [4.69, 9.17) is 0 Å². The SMILES string of the molecule is CC(=O)N(CCNC(=O)Cc1cccc(C)c1)C(C)(C)C. The summed E-state index contributed by atoms with van der Waals surface area (Å²) in [5.41, 5.74) is 1.93. The number of carbonyl (C=O) groups is 2. The Hall–Kier alpha value is -1.84. The molecular formula is C17H26N2O2. The Kier molecular flexibility index (Phi) is 5.94. The second kappa shape index (κ2) is 7.25. The van der Waals surface area contributed by atoms with Gasteiger partial charge in [-0.1, -0.05) is 29.8 Å². The topological polar surface area (TPSA) is 49.4 Å². The van der Waals surface area contributed by atoms with Crippen molar-refractivity contribution in [3.8, 4) is 0 Å². The number of benzene rings is 1. The molecule has 2 amide bonds. The van der Waals surface area contributed by atoms with Gasteiger partial charge in [0, 0.05) is 25.6 Å². The first kappa shape index (κ1) is 17.2. The Balaban J connectivity index is 2.44. The molecule has 1 aromatic rings. The van der Waals surface area contributed by atoms with Gasteiger partial charge in [0.1, 0.15) is 0 Å². The molecule has 0 radical (unpaired) electrons. The molecule has 0 aromatic heterocycles. The van der Waals surface area contributed by atoms with Crippen molar-refractivity contribution in [3.05, 3.63) is 35.4 Å². The van der Waals surface area contributed by atoms with E-state index in [0.29, 0.717) is 19.5 Å². The molecule has 4 nitrogen and oxygen atoms in total. The molecule has 1 rings (SSSR count). The summed E-state index contributed by atoms with van der Waals surface area (Å²) in [6, 6.07) is 7.92. The molecule has 1 N–H and O–H groups in total. The largest absolute Gasteiger partial charge is 0.354 e. The molecule has 0 aliphatic rings. The van der Waals surface area contributed by atoms with Gasteiger partial charge < -0.3 is 10.2 Å². The normalized spacial score (nSPS) is 11.1. The third kappa shape index (κ3) is 5.98. The van der Waals surface area contributed by atoms with Crippen LogP contribution in [0.3, 0.4) is 0 Å². The molecule has 1 aromatic carbocycles. The highest BCUT2D eigenvalue weighted by Crippen LogP contribution is 2.12. The minimum atomic E-state index is -0.229. The molecule has 0 atom stereocenters. The maximum Gasteiger partial charge on any atom is 0.224 e. The fourth-order valence-electron chi connectivity index (χ4n) is 2.34. The van der Waals surface area contributed by atoms with Crippen molar-refractivity contribution in [1.29, 1.82) is 0 Å². The number of nitrogens with one attached hydrogen (secondary N) is 1. The van der Waals surface area contributed by atoms with E-state index >= 15 is 0 Å². The first-order valence-corrected chi connectivity index (χ1v) is 7.30. The van der Waals surface area contributed by atoms with Gasteiger partial charge in [-0.2, -0.15) is 0 Å². The van der Waals surface area contributed by atoms with Crippen molar-refractivity contribution in [2.75, 3.05) is 13.1 Å². The number of aryl methyl sites for hydroxylation is 1. The van der Waals surface area contributed by atoms with Gasteiger partial charge in [-0.3, -0.25) is 9.59 Å². The molecule has 0 fully saturated rings. The van der Waals surface area contributed by atoms with Gasteiger partial charge in [-0.25, -0.2) is 0 Å². The van der Waals surface area contributed by atoms with E-state index in [-0.39, 0.29) is 17.4 Å². The van der Waals surface area contributed by atoms with Gasteiger partial charge in [0.05, 0.1) is 6.42 Å². The molecule has 0 saturated heterocycles. The molecule has 0 unspecified atom stereocenters. The summed E-state index contributed by atoms with van der Waals surface area (Å²) in [6.07, 6.45) is 0.372. The molecule has 0 bridgehead atoms. The monoisotopic (exact) mass is 290 g/mol. The van der Waals surface area contributed by atoms with E-state index in [0.717, 1.165) is 11.1 Å². The van der Waals surface area contributed by atoms with Gasteiger partial charge in [0.15, 0.2) is 0 Å². The Morgan fingerprint density at radius 3 is 2.43 bits per heavy atom. The number of rotatable bonds is 5. The molecule has 0 aliphatic heterocycles. The summed E-state index contributed by atoms with van der Waals surface area (Å²) in [4.78, 5) is 25.3. The van der Waals surface area contributed by atoms with Crippen molar-refractivity contribution in [1.82, 2.24) is 10.2 Å². The molecule has 21 heavy (non-hydrogen) atoms. The van der Waals surface area contributed by atoms with Gasteiger partial charge >= 0.3 is 0 Å². The zero-order valence-electron chi connectivity index (χ0n) is 13.7. The second-order valence-electron chi connectivity index (χ2n) is 6.36. The predicted octanol–water partition coefficient (Wildman–Crippen LogP) is 2.30. The number of nitrogens with zero attached hydrogens (tertiary/aromatic N) is 1. The lowest BCUT2D eigenvalue weighted by Crippen LogP contribution is -2.48. The first-order valence-electron chi connectivity index (χ1n) is 7.30. The van der Waals surface area contributed by atoms with Crippen molar-refractivity contribution >= 4 is 11.8 Å². The van der Waals surface area contributed by atoms with Crippen LogP contribution < -0.4 is 5.32 Å². The van der Waals surface area contributed by atoms with Crippen LogP contribution in [-0.4, -0.2) is 35.3 Å². The van der Waals surface area contributed by atoms with Crippen molar-refractivity contribution in [2.45, 2.75) is 46.6 Å².